The van der Waals surface area contributed by atoms with Gasteiger partial charge >= 0.3 is 5.97 Å². The molecule has 0 bridgehead atoms. The van der Waals surface area contributed by atoms with E-state index in [4.69, 9.17) is 9.47 Å². The van der Waals surface area contributed by atoms with Crippen molar-refractivity contribution in [3.05, 3.63) is 0 Å². The number of carbonyl (C=O) groups is 1. The van der Waals surface area contributed by atoms with Gasteiger partial charge in [0.15, 0.2) is 6.29 Å². The highest BCUT2D eigenvalue weighted by atomic mass is 16.7. The number of rotatable bonds is 6. The Balaban J connectivity index is 2.38. The van der Waals surface area contributed by atoms with Crippen LogP contribution >= 0.6 is 0 Å². The standard InChI is InChI=1S/C15H28O3/c1-5-15(4,6-2)14(16)18-12(3)17-13-10-8-7-9-11-13/h12-13H,5-11H2,1-4H3. The van der Waals surface area contributed by atoms with Crippen LogP contribution in [0.15, 0.2) is 0 Å². The average molecular weight is 256 g/mol. The van der Waals surface area contributed by atoms with Gasteiger partial charge in [0.05, 0.1) is 11.5 Å². The van der Waals surface area contributed by atoms with E-state index in [1.54, 1.807) is 0 Å². The molecular formula is C15H28O3. The van der Waals surface area contributed by atoms with Gasteiger partial charge in [-0.15, -0.1) is 0 Å². The number of carbonyl (C=O) groups excluding carboxylic acids is 1. The SMILES string of the molecule is CCC(C)(CC)C(=O)OC(C)OC1CCCCC1. The molecule has 0 heterocycles. The van der Waals surface area contributed by atoms with E-state index in [0.717, 1.165) is 25.7 Å². The summed E-state index contributed by atoms with van der Waals surface area (Å²) < 4.78 is 11.2. The highest BCUT2D eigenvalue weighted by Gasteiger charge is 2.32. The van der Waals surface area contributed by atoms with Crippen LogP contribution in [0, 0.1) is 5.41 Å². The van der Waals surface area contributed by atoms with Crippen molar-refractivity contribution >= 4 is 5.97 Å². The van der Waals surface area contributed by atoms with E-state index in [1.165, 1.54) is 19.3 Å². The smallest absolute Gasteiger partial charge is 0.314 e. The Morgan fingerprint density at radius 2 is 1.78 bits per heavy atom. The van der Waals surface area contributed by atoms with E-state index in [-0.39, 0.29) is 17.5 Å². The first-order valence-electron chi connectivity index (χ1n) is 7.38. The minimum atomic E-state index is -0.418. The fraction of sp³-hybridized carbons (Fsp3) is 0.933. The Labute approximate surface area is 111 Å². The number of hydrogen-bond acceptors (Lipinski definition) is 3. The quantitative estimate of drug-likeness (QED) is 0.531. The number of hydrogen-bond donors (Lipinski definition) is 0. The lowest BCUT2D eigenvalue weighted by Crippen LogP contribution is -2.34. The molecule has 1 saturated carbocycles. The predicted octanol–water partition coefficient (Wildman–Crippen LogP) is 4.05. The van der Waals surface area contributed by atoms with E-state index >= 15 is 0 Å². The second-order valence-corrected chi connectivity index (χ2v) is 5.64. The first-order valence-corrected chi connectivity index (χ1v) is 7.38. The first kappa shape index (κ1) is 15.5. The molecule has 1 aliphatic rings. The monoisotopic (exact) mass is 256 g/mol. The van der Waals surface area contributed by atoms with Gasteiger partial charge in [-0.2, -0.15) is 0 Å². The number of ether oxygens (including phenoxy) is 2. The minimum Gasteiger partial charge on any atom is -0.436 e. The molecule has 3 heteroatoms. The third kappa shape index (κ3) is 4.27. The van der Waals surface area contributed by atoms with Gasteiger partial charge in [0.2, 0.25) is 0 Å². The first-order chi connectivity index (χ1) is 8.51. The summed E-state index contributed by atoms with van der Waals surface area (Å²) in [5, 5.41) is 0. The van der Waals surface area contributed by atoms with Gasteiger partial charge in [-0.3, -0.25) is 4.79 Å². The average Bonchev–Trinajstić information content (AvgIpc) is 2.38. The third-order valence-corrected chi connectivity index (χ3v) is 4.26. The molecule has 0 radical (unpaired) electrons. The van der Waals surface area contributed by atoms with Crippen molar-refractivity contribution in [2.24, 2.45) is 5.41 Å². The summed E-state index contributed by atoms with van der Waals surface area (Å²) in [7, 11) is 0. The van der Waals surface area contributed by atoms with Crippen LogP contribution in [0.3, 0.4) is 0 Å². The molecule has 3 nitrogen and oxygen atoms in total. The van der Waals surface area contributed by atoms with Gasteiger partial charge in [0.1, 0.15) is 0 Å². The molecule has 0 amide bonds. The zero-order chi connectivity index (χ0) is 13.6. The Morgan fingerprint density at radius 1 is 1.22 bits per heavy atom. The van der Waals surface area contributed by atoms with Crippen molar-refractivity contribution in [1.82, 2.24) is 0 Å². The fourth-order valence-corrected chi connectivity index (χ4v) is 2.33. The molecule has 1 rings (SSSR count). The third-order valence-electron chi connectivity index (χ3n) is 4.26. The number of esters is 1. The van der Waals surface area contributed by atoms with Crippen LogP contribution in [0.1, 0.15) is 72.6 Å². The summed E-state index contributed by atoms with van der Waals surface area (Å²) in [6, 6.07) is 0. The lowest BCUT2D eigenvalue weighted by molar-refractivity contribution is -0.197. The highest BCUT2D eigenvalue weighted by molar-refractivity contribution is 5.76. The molecule has 0 spiro atoms. The largest absolute Gasteiger partial charge is 0.436 e. The molecular weight excluding hydrogens is 228 g/mol. The van der Waals surface area contributed by atoms with Gasteiger partial charge in [-0.1, -0.05) is 33.1 Å². The Hall–Kier alpha value is -0.570. The molecule has 1 atom stereocenters. The van der Waals surface area contributed by atoms with Gasteiger partial charge in [-0.25, -0.2) is 0 Å². The van der Waals surface area contributed by atoms with Crippen molar-refractivity contribution in [3.63, 3.8) is 0 Å². The van der Waals surface area contributed by atoms with Crippen LogP contribution in [0.2, 0.25) is 0 Å². The van der Waals surface area contributed by atoms with Crippen molar-refractivity contribution in [2.75, 3.05) is 0 Å². The molecule has 0 aromatic heterocycles. The van der Waals surface area contributed by atoms with Crippen molar-refractivity contribution in [2.45, 2.75) is 85.0 Å². The molecule has 0 aromatic rings. The molecule has 0 saturated heterocycles. The summed E-state index contributed by atoms with van der Waals surface area (Å²) in [6.07, 6.45) is 7.42. The Kier molecular flexibility index (Phi) is 6.13. The molecule has 1 aliphatic carbocycles. The Bertz CT molecular complexity index is 252. The maximum absolute atomic E-state index is 12.1. The maximum atomic E-state index is 12.1. The maximum Gasteiger partial charge on any atom is 0.314 e. The van der Waals surface area contributed by atoms with Gasteiger partial charge in [0, 0.05) is 0 Å². The van der Waals surface area contributed by atoms with Gasteiger partial charge in [-0.05, 0) is 39.5 Å². The van der Waals surface area contributed by atoms with Crippen molar-refractivity contribution < 1.29 is 14.3 Å². The van der Waals surface area contributed by atoms with E-state index in [2.05, 4.69) is 0 Å². The van der Waals surface area contributed by atoms with Crippen LogP contribution in [-0.4, -0.2) is 18.4 Å². The second-order valence-electron chi connectivity index (χ2n) is 5.64. The summed E-state index contributed by atoms with van der Waals surface area (Å²) in [5.74, 6) is -0.129. The highest BCUT2D eigenvalue weighted by Crippen LogP contribution is 2.28. The van der Waals surface area contributed by atoms with E-state index < -0.39 is 6.29 Å². The minimum absolute atomic E-state index is 0.129. The van der Waals surface area contributed by atoms with Crippen LogP contribution < -0.4 is 0 Å². The van der Waals surface area contributed by atoms with Crippen molar-refractivity contribution in [3.8, 4) is 0 Å². The van der Waals surface area contributed by atoms with E-state index in [1.807, 2.05) is 27.7 Å². The van der Waals surface area contributed by atoms with Crippen LogP contribution in [-0.2, 0) is 14.3 Å². The fourth-order valence-electron chi connectivity index (χ4n) is 2.33. The lowest BCUT2D eigenvalue weighted by atomic mass is 9.85. The molecule has 18 heavy (non-hydrogen) atoms. The molecule has 106 valence electrons. The topological polar surface area (TPSA) is 35.5 Å². The van der Waals surface area contributed by atoms with Gasteiger partial charge < -0.3 is 9.47 Å². The summed E-state index contributed by atoms with van der Waals surface area (Å²) in [5.41, 5.74) is -0.371. The van der Waals surface area contributed by atoms with Gasteiger partial charge in [0.25, 0.3) is 0 Å². The lowest BCUT2D eigenvalue weighted by Gasteiger charge is -2.29. The normalized spacial score (nSPS) is 19.6. The molecule has 0 aromatic carbocycles. The zero-order valence-electron chi connectivity index (χ0n) is 12.3. The van der Waals surface area contributed by atoms with Crippen LogP contribution in [0.4, 0.5) is 0 Å². The summed E-state index contributed by atoms with van der Waals surface area (Å²) in [4.78, 5) is 12.1. The van der Waals surface area contributed by atoms with Crippen molar-refractivity contribution in [1.29, 1.82) is 0 Å². The summed E-state index contributed by atoms with van der Waals surface area (Å²) in [6.45, 7) is 7.84. The van der Waals surface area contributed by atoms with E-state index in [0.29, 0.717) is 0 Å². The summed E-state index contributed by atoms with van der Waals surface area (Å²) >= 11 is 0. The Morgan fingerprint density at radius 3 is 2.28 bits per heavy atom. The zero-order valence-corrected chi connectivity index (χ0v) is 12.3. The molecule has 0 N–H and O–H groups in total. The molecule has 1 unspecified atom stereocenters. The predicted molar refractivity (Wildman–Crippen MR) is 72.2 cm³/mol. The van der Waals surface area contributed by atoms with Crippen LogP contribution in [0.25, 0.3) is 0 Å². The second kappa shape index (κ2) is 7.13. The molecule has 1 fully saturated rings. The molecule has 0 aliphatic heterocycles. The van der Waals surface area contributed by atoms with Crippen LogP contribution in [0.5, 0.6) is 0 Å². The van der Waals surface area contributed by atoms with E-state index in [9.17, 15) is 4.79 Å².